The van der Waals surface area contributed by atoms with Crippen LogP contribution < -0.4 is 5.32 Å². The molecule has 1 aromatic carbocycles. The average Bonchev–Trinajstić information content (AvgIpc) is 2.29. The third-order valence-corrected chi connectivity index (χ3v) is 2.12. The highest BCUT2D eigenvalue weighted by Crippen LogP contribution is 2.16. The third kappa shape index (κ3) is 4.15. The van der Waals surface area contributed by atoms with Crippen molar-refractivity contribution in [2.45, 2.75) is 19.4 Å². The van der Waals surface area contributed by atoms with Crippen molar-refractivity contribution in [3.8, 4) is 0 Å². The van der Waals surface area contributed by atoms with Crippen LogP contribution in [0.4, 0.5) is 0 Å². The summed E-state index contributed by atoms with van der Waals surface area (Å²) in [4.78, 5) is 22.4. The minimum Gasteiger partial charge on any atom is -0.417 e. The van der Waals surface area contributed by atoms with Gasteiger partial charge in [0.05, 0.1) is 0 Å². The molecule has 1 amide bonds. The number of hydrogen-bond acceptors (Lipinski definition) is 5. The Morgan fingerprint density at radius 2 is 1.89 bits per heavy atom. The molecule has 0 aliphatic heterocycles. The first-order valence-corrected chi connectivity index (χ1v) is 5.28. The molecule has 1 aromatic rings. The second-order valence-corrected chi connectivity index (χ2v) is 3.50. The molecule has 0 bridgehead atoms. The normalized spacial score (nSPS) is 13.5. The van der Waals surface area contributed by atoms with Gasteiger partial charge in [0.25, 0.3) is 12.3 Å². The van der Waals surface area contributed by atoms with E-state index in [4.69, 9.17) is 4.74 Å². The second kappa shape index (κ2) is 6.73. The maximum absolute atomic E-state index is 11.8. The maximum Gasteiger partial charge on any atom is 0.306 e. The summed E-state index contributed by atoms with van der Waals surface area (Å²) in [6.45, 7) is 1.13. The Morgan fingerprint density at radius 3 is 2.39 bits per heavy atom. The average molecular weight is 253 g/mol. The van der Waals surface area contributed by atoms with Gasteiger partial charge >= 0.3 is 5.97 Å². The van der Waals surface area contributed by atoms with Gasteiger partial charge in [-0.05, 0) is 5.56 Å². The Kier molecular flexibility index (Phi) is 5.29. The molecule has 2 atom stereocenters. The van der Waals surface area contributed by atoms with Crippen molar-refractivity contribution in [2.75, 3.05) is 7.11 Å². The van der Waals surface area contributed by atoms with Crippen LogP contribution in [0.25, 0.3) is 0 Å². The molecule has 6 heteroatoms. The van der Waals surface area contributed by atoms with E-state index >= 15 is 0 Å². The minimum absolute atomic E-state index is 0.600. The Labute approximate surface area is 105 Å². The van der Waals surface area contributed by atoms with Crippen LogP contribution in [0.2, 0.25) is 0 Å². The van der Waals surface area contributed by atoms with E-state index in [-0.39, 0.29) is 0 Å². The van der Waals surface area contributed by atoms with Gasteiger partial charge < -0.3 is 14.6 Å². The summed E-state index contributed by atoms with van der Waals surface area (Å²) in [6.07, 6.45) is -2.56. The first kappa shape index (κ1) is 14.1. The third-order valence-electron chi connectivity index (χ3n) is 2.12. The SMILES string of the molecule is COC(C(=O)NC(O)OC(C)=O)c1ccccc1. The first-order chi connectivity index (χ1) is 8.54. The monoisotopic (exact) mass is 253 g/mol. The molecule has 2 N–H and O–H groups in total. The summed E-state index contributed by atoms with van der Waals surface area (Å²) < 4.78 is 9.42. The van der Waals surface area contributed by atoms with E-state index in [1.165, 1.54) is 7.11 Å². The van der Waals surface area contributed by atoms with Crippen LogP contribution in [-0.2, 0) is 19.1 Å². The fourth-order valence-electron chi connectivity index (χ4n) is 1.41. The molecule has 1 rings (SSSR count). The van der Waals surface area contributed by atoms with Crippen LogP contribution in [0, 0.1) is 0 Å². The number of aliphatic hydroxyl groups excluding tert-OH is 1. The molecule has 0 saturated heterocycles. The van der Waals surface area contributed by atoms with Gasteiger partial charge in [0.15, 0.2) is 6.10 Å². The molecule has 0 aliphatic carbocycles. The first-order valence-electron chi connectivity index (χ1n) is 5.28. The molecule has 98 valence electrons. The Balaban J connectivity index is 2.66. The molecule has 0 spiro atoms. The molecule has 0 radical (unpaired) electrons. The topological polar surface area (TPSA) is 84.9 Å². The highest BCUT2D eigenvalue weighted by molar-refractivity contribution is 5.82. The van der Waals surface area contributed by atoms with Crippen molar-refractivity contribution >= 4 is 11.9 Å². The summed E-state index contributed by atoms with van der Waals surface area (Å²) in [5.74, 6) is -1.30. The number of hydrogen-bond donors (Lipinski definition) is 2. The maximum atomic E-state index is 11.8. The minimum atomic E-state index is -1.68. The van der Waals surface area contributed by atoms with Gasteiger partial charge in [-0.25, -0.2) is 0 Å². The van der Waals surface area contributed by atoms with E-state index in [9.17, 15) is 14.7 Å². The van der Waals surface area contributed by atoms with Gasteiger partial charge in [0.1, 0.15) is 0 Å². The van der Waals surface area contributed by atoms with Crippen LogP contribution in [0.5, 0.6) is 0 Å². The van der Waals surface area contributed by atoms with E-state index in [2.05, 4.69) is 10.1 Å². The van der Waals surface area contributed by atoms with Crippen molar-refractivity contribution in [1.29, 1.82) is 0 Å². The fraction of sp³-hybridized carbons (Fsp3) is 0.333. The smallest absolute Gasteiger partial charge is 0.306 e. The molecule has 0 saturated carbocycles. The number of rotatable bonds is 5. The lowest BCUT2D eigenvalue weighted by molar-refractivity contribution is -0.174. The van der Waals surface area contributed by atoms with E-state index in [1.54, 1.807) is 24.3 Å². The molecule has 2 unspecified atom stereocenters. The van der Waals surface area contributed by atoms with Crippen LogP contribution in [-0.4, -0.2) is 30.5 Å². The van der Waals surface area contributed by atoms with E-state index in [1.807, 2.05) is 6.07 Å². The van der Waals surface area contributed by atoms with Crippen LogP contribution in [0.15, 0.2) is 30.3 Å². The molecular formula is C12H15NO5. The summed E-state index contributed by atoms with van der Waals surface area (Å²) >= 11 is 0. The Hall–Kier alpha value is -1.92. The molecule has 18 heavy (non-hydrogen) atoms. The lowest BCUT2D eigenvalue weighted by Gasteiger charge is -2.18. The lowest BCUT2D eigenvalue weighted by atomic mass is 10.1. The van der Waals surface area contributed by atoms with Crippen molar-refractivity contribution in [3.63, 3.8) is 0 Å². The van der Waals surface area contributed by atoms with Gasteiger partial charge in [-0.3, -0.25) is 14.9 Å². The molecule has 0 heterocycles. The highest BCUT2D eigenvalue weighted by Gasteiger charge is 2.22. The standard InChI is InChI=1S/C12H15NO5/c1-8(14)18-12(16)13-11(15)10(17-2)9-6-4-3-5-7-9/h3-7,10,12,16H,1-2H3,(H,13,15). The molecular weight excluding hydrogens is 238 g/mol. The zero-order valence-corrected chi connectivity index (χ0v) is 10.1. The number of nitrogens with one attached hydrogen (secondary N) is 1. The van der Waals surface area contributed by atoms with Crippen LogP contribution in [0.1, 0.15) is 18.6 Å². The predicted octanol–water partition coefficient (Wildman–Crippen LogP) is 0.329. The van der Waals surface area contributed by atoms with Gasteiger partial charge in [-0.2, -0.15) is 0 Å². The van der Waals surface area contributed by atoms with Crippen molar-refractivity contribution in [1.82, 2.24) is 5.32 Å². The number of carbonyl (C=O) groups is 2. The predicted molar refractivity (Wildman–Crippen MR) is 62.1 cm³/mol. The Bertz CT molecular complexity index is 406. The number of esters is 1. The van der Waals surface area contributed by atoms with Gasteiger partial charge in [0.2, 0.25) is 0 Å². The van der Waals surface area contributed by atoms with E-state index < -0.39 is 24.4 Å². The second-order valence-electron chi connectivity index (χ2n) is 3.50. The number of aliphatic hydroxyl groups is 1. The van der Waals surface area contributed by atoms with Crippen LogP contribution >= 0.6 is 0 Å². The van der Waals surface area contributed by atoms with Crippen molar-refractivity contribution < 1.29 is 24.2 Å². The zero-order chi connectivity index (χ0) is 13.5. The fourth-order valence-corrected chi connectivity index (χ4v) is 1.41. The van der Waals surface area contributed by atoms with E-state index in [0.717, 1.165) is 6.92 Å². The van der Waals surface area contributed by atoms with Gasteiger partial charge in [0, 0.05) is 14.0 Å². The molecule has 6 nitrogen and oxygen atoms in total. The highest BCUT2D eigenvalue weighted by atomic mass is 16.7. The molecule has 0 aromatic heterocycles. The van der Waals surface area contributed by atoms with E-state index in [0.29, 0.717) is 5.56 Å². The molecule has 0 fully saturated rings. The number of ether oxygens (including phenoxy) is 2. The summed E-state index contributed by atoms with van der Waals surface area (Å²) in [5, 5.41) is 11.4. The quantitative estimate of drug-likeness (QED) is 0.583. The zero-order valence-electron chi connectivity index (χ0n) is 10.1. The van der Waals surface area contributed by atoms with Crippen molar-refractivity contribution in [3.05, 3.63) is 35.9 Å². The number of amides is 1. The lowest BCUT2D eigenvalue weighted by Crippen LogP contribution is -2.40. The van der Waals surface area contributed by atoms with Crippen molar-refractivity contribution in [2.24, 2.45) is 0 Å². The van der Waals surface area contributed by atoms with Gasteiger partial charge in [-0.1, -0.05) is 30.3 Å². The number of benzene rings is 1. The molecule has 0 aliphatic rings. The summed E-state index contributed by atoms with van der Waals surface area (Å²) in [6, 6.07) is 8.76. The van der Waals surface area contributed by atoms with Gasteiger partial charge in [-0.15, -0.1) is 0 Å². The Morgan fingerprint density at radius 1 is 1.28 bits per heavy atom. The summed E-state index contributed by atoms with van der Waals surface area (Å²) in [5.41, 5.74) is 0.632. The number of methoxy groups -OCH3 is 1. The largest absolute Gasteiger partial charge is 0.417 e. The van der Waals surface area contributed by atoms with Crippen LogP contribution in [0.3, 0.4) is 0 Å². The summed E-state index contributed by atoms with van der Waals surface area (Å²) in [7, 11) is 1.37. The number of carbonyl (C=O) groups excluding carboxylic acids is 2.